The number of anilines is 1. The first kappa shape index (κ1) is 12.8. The third kappa shape index (κ3) is 1.84. The molecule has 4 heterocycles. The Kier molecular flexibility index (Phi) is 2.82. The minimum absolute atomic E-state index is 0.108. The van der Waals surface area contributed by atoms with Gasteiger partial charge in [-0.15, -0.1) is 0 Å². The van der Waals surface area contributed by atoms with Crippen LogP contribution < -0.4 is 27.4 Å². The monoisotopic (exact) mass is 300 g/mol. The molecule has 0 amide bonds. The van der Waals surface area contributed by atoms with Crippen molar-refractivity contribution in [1.82, 2.24) is 24.8 Å². The van der Waals surface area contributed by atoms with Crippen LogP contribution in [-0.2, 0) is 6.54 Å². The van der Waals surface area contributed by atoms with Crippen LogP contribution in [-0.4, -0.2) is 44.9 Å². The zero-order valence-corrected chi connectivity index (χ0v) is 11.7. The van der Waals surface area contributed by atoms with Crippen molar-refractivity contribution in [2.75, 3.05) is 23.8 Å². The highest BCUT2D eigenvalue weighted by Gasteiger charge is 2.27. The third-order valence-corrected chi connectivity index (χ3v) is 3.62. The summed E-state index contributed by atoms with van der Waals surface area (Å²) in [5.74, 6) is 0.764. The topological polar surface area (TPSA) is 134 Å². The van der Waals surface area contributed by atoms with Crippen molar-refractivity contribution in [2.24, 2.45) is 10.7 Å². The van der Waals surface area contributed by atoms with Gasteiger partial charge < -0.3 is 16.4 Å². The van der Waals surface area contributed by atoms with Crippen LogP contribution in [0.5, 0.6) is 0 Å². The van der Waals surface area contributed by atoms with Gasteiger partial charge in [-0.3, -0.25) is 15.8 Å². The normalized spacial score (nSPS) is 19.3. The van der Waals surface area contributed by atoms with Crippen LogP contribution in [0, 0.1) is 5.41 Å². The van der Waals surface area contributed by atoms with Gasteiger partial charge in [-0.05, 0) is 0 Å². The van der Waals surface area contributed by atoms with Crippen molar-refractivity contribution >= 4 is 23.1 Å². The third-order valence-electron chi connectivity index (χ3n) is 3.62. The minimum atomic E-state index is -0.188. The van der Waals surface area contributed by atoms with Crippen LogP contribution in [0.15, 0.2) is 23.1 Å². The second-order valence-electron chi connectivity index (χ2n) is 5.02. The quantitative estimate of drug-likeness (QED) is 0.467. The number of aliphatic imine (C=N–C) groups is 1. The molecule has 1 unspecified atom stereocenters. The van der Waals surface area contributed by atoms with Crippen molar-refractivity contribution in [1.29, 1.82) is 5.41 Å². The van der Waals surface area contributed by atoms with Gasteiger partial charge in [0.1, 0.15) is 5.82 Å². The Labute approximate surface area is 125 Å². The molecule has 2 aliphatic rings. The number of hydrogen-bond donors (Lipinski definition) is 5. The fraction of sp³-hybridized carbons (Fsp3) is 0.333. The molecule has 1 atom stereocenters. The van der Waals surface area contributed by atoms with E-state index in [1.54, 1.807) is 28.0 Å². The molecule has 114 valence electrons. The summed E-state index contributed by atoms with van der Waals surface area (Å²) < 4.78 is 3.33. The Morgan fingerprint density at radius 1 is 1.45 bits per heavy atom. The van der Waals surface area contributed by atoms with Gasteiger partial charge in [0.25, 0.3) is 0 Å². The second-order valence-corrected chi connectivity index (χ2v) is 5.02. The molecular weight excluding hydrogens is 284 g/mol. The molecule has 0 aliphatic carbocycles. The molecule has 2 aromatic rings. The summed E-state index contributed by atoms with van der Waals surface area (Å²) in [6.07, 6.45) is 5.10. The Hall–Kier alpha value is -2.88. The van der Waals surface area contributed by atoms with E-state index in [2.05, 4.69) is 31.1 Å². The maximum absolute atomic E-state index is 8.11. The number of nitrogens with one attached hydrogen (secondary N) is 4. The van der Waals surface area contributed by atoms with E-state index in [0.717, 1.165) is 16.9 Å². The largest absolute Gasteiger partial charge is 0.379 e. The van der Waals surface area contributed by atoms with Crippen molar-refractivity contribution in [3.8, 4) is 0 Å². The molecule has 22 heavy (non-hydrogen) atoms. The van der Waals surface area contributed by atoms with Gasteiger partial charge in [0.2, 0.25) is 5.62 Å². The van der Waals surface area contributed by atoms with Crippen LogP contribution in [0.3, 0.4) is 0 Å². The highest BCUT2D eigenvalue weighted by atomic mass is 15.6. The molecule has 0 saturated heterocycles. The van der Waals surface area contributed by atoms with Crippen LogP contribution in [0.25, 0.3) is 11.0 Å². The zero-order chi connectivity index (χ0) is 15.1. The molecule has 2 aromatic heterocycles. The maximum atomic E-state index is 8.11. The standard InChI is InChI=1S/C12H16N10/c13-1-4-21-10-7(5-17-21)11-18-9(8-6-15-2-3-16-8)20-22(11)12(14)19-10/h2,5-6,9,14,16,18,20H,1,3-4,13H2. The average molecular weight is 300 g/mol. The lowest BCUT2D eigenvalue weighted by Crippen LogP contribution is -2.38. The SMILES string of the molecule is N=c1nc2c(cnn2CCN)c2n1NC(C1=CN=CCN1)N2. The minimum Gasteiger partial charge on any atom is -0.379 e. The Morgan fingerprint density at radius 3 is 3.14 bits per heavy atom. The molecule has 0 spiro atoms. The van der Waals surface area contributed by atoms with Gasteiger partial charge in [0.05, 0.1) is 30.4 Å². The van der Waals surface area contributed by atoms with Gasteiger partial charge >= 0.3 is 0 Å². The summed E-state index contributed by atoms with van der Waals surface area (Å²) in [7, 11) is 0. The van der Waals surface area contributed by atoms with Crippen molar-refractivity contribution in [3.05, 3.63) is 23.7 Å². The van der Waals surface area contributed by atoms with Crippen molar-refractivity contribution in [2.45, 2.75) is 12.7 Å². The molecule has 6 N–H and O–H groups in total. The van der Waals surface area contributed by atoms with E-state index in [1.807, 2.05) is 0 Å². The molecule has 0 fully saturated rings. The lowest BCUT2D eigenvalue weighted by Gasteiger charge is -2.18. The first-order valence-corrected chi connectivity index (χ1v) is 7.00. The Bertz CT molecular complexity index is 841. The molecule has 0 radical (unpaired) electrons. The predicted molar refractivity (Wildman–Crippen MR) is 81.8 cm³/mol. The number of aromatic nitrogens is 4. The van der Waals surface area contributed by atoms with Crippen LogP contribution >= 0.6 is 0 Å². The molecule has 10 heteroatoms. The summed E-state index contributed by atoms with van der Waals surface area (Å²) in [5.41, 5.74) is 10.4. The first-order valence-electron chi connectivity index (χ1n) is 7.00. The number of hydrogen-bond acceptors (Lipinski definition) is 8. The van der Waals surface area contributed by atoms with E-state index in [1.165, 1.54) is 0 Å². The Balaban J connectivity index is 1.78. The van der Waals surface area contributed by atoms with Crippen molar-refractivity contribution < 1.29 is 0 Å². The lowest BCUT2D eigenvalue weighted by molar-refractivity contribution is 0.635. The van der Waals surface area contributed by atoms with E-state index in [9.17, 15) is 0 Å². The van der Waals surface area contributed by atoms with E-state index in [4.69, 9.17) is 11.1 Å². The molecular formula is C12H16N10. The zero-order valence-electron chi connectivity index (χ0n) is 11.7. The molecule has 10 nitrogen and oxygen atoms in total. The fourth-order valence-electron chi connectivity index (χ4n) is 2.61. The van der Waals surface area contributed by atoms with Crippen molar-refractivity contribution in [3.63, 3.8) is 0 Å². The number of nitrogens with two attached hydrogens (primary N) is 1. The van der Waals surface area contributed by atoms with Gasteiger partial charge in [-0.25, -0.2) is 9.36 Å². The predicted octanol–water partition coefficient (Wildman–Crippen LogP) is -1.52. The fourth-order valence-corrected chi connectivity index (χ4v) is 2.61. The highest BCUT2D eigenvalue weighted by molar-refractivity contribution is 5.87. The summed E-state index contributed by atoms with van der Waals surface area (Å²) in [5, 5.41) is 19.8. The van der Waals surface area contributed by atoms with Gasteiger partial charge in [0.15, 0.2) is 11.8 Å². The number of fused-ring (bicyclic) bond motifs is 3. The molecule has 2 aliphatic heterocycles. The highest BCUT2D eigenvalue weighted by Crippen LogP contribution is 2.24. The number of rotatable bonds is 3. The lowest BCUT2D eigenvalue weighted by atomic mass is 10.3. The summed E-state index contributed by atoms with van der Waals surface area (Å²) >= 11 is 0. The molecule has 0 aromatic carbocycles. The second kappa shape index (κ2) is 4.84. The van der Waals surface area contributed by atoms with E-state index in [0.29, 0.717) is 25.3 Å². The van der Waals surface area contributed by atoms with Crippen LogP contribution in [0.2, 0.25) is 0 Å². The van der Waals surface area contributed by atoms with E-state index in [-0.39, 0.29) is 11.8 Å². The van der Waals surface area contributed by atoms with Gasteiger partial charge in [-0.1, -0.05) is 0 Å². The van der Waals surface area contributed by atoms with E-state index >= 15 is 0 Å². The van der Waals surface area contributed by atoms with Gasteiger partial charge in [0, 0.05) is 19.0 Å². The first-order chi connectivity index (χ1) is 10.8. The summed E-state index contributed by atoms with van der Waals surface area (Å²) in [4.78, 5) is 8.46. The van der Waals surface area contributed by atoms with E-state index < -0.39 is 0 Å². The Morgan fingerprint density at radius 2 is 2.36 bits per heavy atom. The average Bonchev–Trinajstić information content (AvgIpc) is 3.14. The molecule has 4 rings (SSSR count). The molecule has 0 saturated carbocycles. The van der Waals surface area contributed by atoms with Crippen LogP contribution in [0.4, 0.5) is 5.82 Å². The smallest absolute Gasteiger partial charge is 0.244 e. The van der Waals surface area contributed by atoms with Crippen LogP contribution in [0.1, 0.15) is 0 Å². The summed E-state index contributed by atoms with van der Waals surface area (Å²) in [6, 6.07) is 0. The number of nitrogens with zero attached hydrogens (tertiary/aromatic N) is 5. The molecule has 0 bridgehead atoms. The van der Waals surface area contributed by atoms with Gasteiger partial charge in [-0.2, -0.15) is 10.1 Å². The maximum Gasteiger partial charge on any atom is 0.244 e. The summed E-state index contributed by atoms with van der Waals surface area (Å²) in [6.45, 7) is 1.72.